The molecule has 0 N–H and O–H groups in total. The molecule has 1 unspecified atom stereocenters. The number of hydrogen-bond acceptors (Lipinski definition) is 3. The van der Waals surface area contributed by atoms with Crippen molar-refractivity contribution in [1.82, 2.24) is 4.90 Å². The average molecular weight is 329 g/mol. The van der Waals surface area contributed by atoms with E-state index in [4.69, 9.17) is 9.47 Å². The summed E-state index contributed by atoms with van der Waals surface area (Å²) >= 11 is 0. The van der Waals surface area contributed by atoms with Crippen molar-refractivity contribution in [3.05, 3.63) is 65.5 Å². The van der Waals surface area contributed by atoms with E-state index in [9.17, 15) is 9.18 Å². The molecule has 24 heavy (non-hydrogen) atoms. The number of benzene rings is 2. The Balaban J connectivity index is 1.65. The summed E-state index contributed by atoms with van der Waals surface area (Å²) in [6.07, 6.45) is 0.653. The van der Waals surface area contributed by atoms with Gasteiger partial charge in [0.15, 0.2) is 0 Å². The molecule has 1 aliphatic rings. The van der Waals surface area contributed by atoms with Crippen molar-refractivity contribution in [2.45, 2.75) is 12.5 Å². The molecule has 126 valence electrons. The first-order valence-electron chi connectivity index (χ1n) is 7.95. The van der Waals surface area contributed by atoms with Crippen LogP contribution in [0.15, 0.2) is 48.5 Å². The van der Waals surface area contributed by atoms with Crippen LogP contribution in [0.5, 0.6) is 5.75 Å². The van der Waals surface area contributed by atoms with E-state index < -0.39 is 0 Å². The molecule has 5 heteroatoms. The van der Waals surface area contributed by atoms with Gasteiger partial charge in [0, 0.05) is 25.1 Å². The Hall–Kier alpha value is -2.40. The van der Waals surface area contributed by atoms with Crippen LogP contribution in [-0.4, -0.2) is 43.7 Å². The molecule has 2 aromatic rings. The van der Waals surface area contributed by atoms with Crippen LogP contribution in [0.2, 0.25) is 0 Å². The van der Waals surface area contributed by atoms with Crippen molar-refractivity contribution >= 4 is 5.91 Å². The highest BCUT2D eigenvalue weighted by molar-refractivity contribution is 5.94. The van der Waals surface area contributed by atoms with Gasteiger partial charge in [0.25, 0.3) is 5.91 Å². The predicted octanol–water partition coefficient (Wildman–Crippen LogP) is 2.92. The minimum absolute atomic E-state index is 0.0599. The fraction of sp³-hybridized carbons (Fsp3) is 0.316. The van der Waals surface area contributed by atoms with Gasteiger partial charge in [-0.3, -0.25) is 4.79 Å². The van der Waals surface area contributed by atoms with Crippen LogP contribution < -0.4 is 4.74 Å². The highest BCUT2D eigenvalue weighted by Gasteiger charge is 2.25. The van der Waals surface area contributed by atoms with Gasteiger partial charge in [-0.15, -0.1) is 0 Å². The Kier molecular flexibility index (Phi) is 5.11. The largest absolute Gasteiger partial charge is 0.497 e. The van der Waals surface area contributed by atoms with Crippen LogP contribution in [-0.2, 0) is 11.2 Å². The quantitative estimate of drug-likeness (QED) is 0.866. The molecule has 1 fully saturated rings. The number of nitrogens with zero attached hydrogens (tertiary/aromatic N) is 1. The summed E-state index contributed by atoms with van der Waals surface area (Å²) in [7, 11) is 1.64. The standard InChI is InChI=1S/C19H20FNO3/c1-23-17-4-2-3-14(11-17)12-18-13-21(9-10-24-18)19(22)15-5-7-16(20)8-6-15/h2-8,11,18H,9-10,12-13H2,1H3. The summed E-state index contributed by atoms with van der Waals surface area (Å²) in [5.41, 5.74) is 1.61. The molecule has 0 aliphatic carbocycles. The van der Waals surface area contributed by atoms with Gasteiger partial charge in [-0.05, 0) is 42.0 Å². The fourth-order valence-corrected chi connectivity index (χ4v) is 2.86. The molecular weight excluding hydrogens is 309 g/mol. The number of carbonyl (C=O) groups excluding carboxylic acids is 1. The van der Waals surface area contributed by atoms with Gasteiger partial charge < -0.3 is 14.4 Å². The highest BCUT2D eigenvalue weighted by Crippen LogP contribution is 2.18. The van der Waals surface area contributed by atoms with Crippen molar-refractivity contribution in [2.24, 2.45) is 0 Å². The van der Waals surface area contributed by atoms with Crippen LogP contribution in [0.4, 0.5) is 4.39 Å². The second-order valence-electron chi connectivity index (χ2n) is 5.81. The number of hydrogen-bond donors (Lipinski definition) is 0. The Labute approximate surface area is 140 Å². The van der Waals surface area contributed by atoms with Gasteiger partial charge in [0.1, 0.15) is 11.6 Å². The van der Waals surface area contributed by atoms with Gasteiger partial charge in [-0.1, -0.05) is 12.1 Å². The van der Waals surface area contributed by atoms with Gasteiger partial charge in [0.05, 0.1) is 19.8 Å². The second kappa shape index (κ2) is 7.45. The minimum Gasteiger partial charge on any atom is -0.497 e. The first kappa shape index (κ1) is 16.5. The number of carbonyl (C=O) groups is 1. The van der Waals surface area contributed by atoms with Gasteiger partial charge in [0.2, 0.25) is 0 Å². The third-order valence-electron chi connectivity index (χ3n) is 4.11. The summed E-state index contributed by atoms with van der Waals surface area (Å²) in [6.45, 7) is 1.57. The molecule has 2 aromatic carbocycles. The van der Waals surface area contributed by atoms with E-state index in [1.54, 1.807) is 12.0 Å². The van der Waals surface area contributed by atoms with Crippen molar-refractivity contribution in [3.8, 4) is 5.75 Å². The molecule has 0 aromatic heterocycles. The summed E-state index contributed by atoms with van der Waals surface area (Å²) < 4.78 is 24.0. The van der Waals surface area contributed by atoms with Gasteiger partial charge in [-0.25, -0.2) is 4.39 Å². The Morgan fingerprint density at radius 2 is 2.08 bits per heavy atom. The number of morpholine rings is 1. The number of methoxy groups -OCH3 is 1. The molecule has 0 saturated carbocycles. The van der Waals surface area contributed by atoms with Crippen molar-refractivity contribution < 1.29 is 18.7 Å². The molecule has 0 spiro atoms. The molecule has 1 saturated heterocycles. The Morgan fingerprint density at radius 3 is 2.83 bits per heavy atom. The van der Waals surface area contributed by atoms with Crippen molar-refractivity contribution in [3.63, 3.8) is 0 Å². The molecule has 0 radical (unpaired) electrons. The van der Waals surface area contributed by atoms with Gasteiger partial charge >= 0.3 is 0 Å². The molecular formula is C19H20FNO3. The third kappa shape index (κ3) is 3.92. The SMILES string of the molecule is COc1cccc(CC2CN(C(=O)c3ccc(F)cc3)CCO2)c1. The molecule has 0 bridgehead atoms. The lowest BCUT2D eigenvalue weighted by Crippen LogP contribution is -2.46. The monoisotopic (exact) mass is 329 g/mol. The zero-order valence-electron chi connectivity index (χ0n) is 13.6. The van der Waals surface area contributed by atoms with Crippen LogP contribution in [0.3, 0.4) is 0 Å². The van der Waals surface area contributed by atoms with Gasteiger partial charge in [-0.2, -0.15) is 0 Å². The van der Waals surface area contributed by atoms with E-state index in [1.165, 1.54) is 24.3 Å². The smallest absolute Gasteiger partial charge is 0.254 e. The normalized spacial score (nSPS) is 17.6. The number of amides is 1. The zero-order valence-corrected chi connectivity index (χ0v) is 13.6. The van der Waals surface area contributed by atoms with Crippen LogP contribution in [0, 0.1) is 5.82 Å². The number of rotatable bonds is 4. The second-order valence-corrected chi connectivity index (χ2v) is 5.81. The number of halogens is 1. The van der Waals surface area contributed by atoms with E-state index in [1.807, 2.05) is 24.3 Å². The molecule has 1 amide bonds. The lowest BCUT2D eigenvalue weighted by molar-refractivity contribution is -0.0208. The zero-order chi connectivity index (χ0) is 16.9. The molecule has 1 heterocycles. The van der Waals surface area contributed by atoms with Crippen LogP contribution in [0.1, 0.15) is 15.9 Å². The maximum atomic E-state index is 13.0. The lowest BCUT2D eigenvalue weighted by atomic mass is 10.1. The van der Waals surface area contributed by atoms with Crippen LogP contribution >= 0.6 is 0 Å². The summed E-state index contributed by atoms with van der Waals surface area (Å²) in [5.74, 6) is 0.376. The maximum absolute atomic E-state index is 13.0. The Morgan fingerprint density at radius 1 is 1.29 bits per heavy atom. The van der Waals surface area contributed by atoms with Crippen molar-refractivity contribution in [1.29, 1.82) is 0 Å². The molecule has 4 nitrogen and oxygen atoms in total. The summed E-state index contributed by atoms with van der Waals surface area (Å²) in [4.78, 5) is 14.3. The molecule has 1 atom stereocenters. The maximum Gasteiger partial charge on any atom is 0.254 e. The molecule has 3 rings (SSSR count). The Bertz CT molecular complexity index is 702. The first-order valence-corrected chi connectivity index (χ1v) is 7.95. The minimum atomic E-state index is -0.343. The van der Waals surface area contributed by atoms with E-state index >= 15 is 0 Å². The fourth-order valence-electron chi connectivity index (χ4n) is 2.86. The predicted molar refractivity (Wildman–Crippen MR) is 88.7 cm³/mol. The van der Waals surface area contributed by atoms with E-state index in [2.05, 4.69) is 0 Å². The summed E-state index contributed by atoms with van der Waals surface area (Å²) in [5, 5.41) is 0. The average Bonchev–Trinajstić information content (AvgIpc) is 2.62. The third-order valence-corrected chi connectivity index (χ3v) is 4.11. The van der Waals surface area contributed by atoms with Crippen molar-refractivity contribution in [2.75, 3.05) is 26.8 Å². The lowest BCUT2D eigenvalue weighted by Gasteiger charge is -2.33. The summed E-state index contributed by atoms with van der Waals surface area (Å²) in [6, 6.07) is 13.5. The van der Waals surface area contributed by atoms with Crippen LogP contribution in [0.25, 0.3) is 0 Å². The van der Waals surface area contributed by atoms with E-state index in [-0.39, 0.29) is 17.8 Å². The van der Waals surface area contributed by atoms with E-state index in [0.717, 1.165) is 11.3 Å². The number of ether oxygens (including phenoxy) is 2. The molecule has 1 aliphatic heterocycles. The topological polar surface area (TPSA) is 38.8 Å². The van der Waals surface area contributed by atoms with E-state index in [0.29, 0.717) is 31.7 Å². The highest BCUT2D eigenvalue weighted by atomic mass is 19.1. The first-order chi connectivity index (χ1) is 11.7.